The second-order valence-corrected chi connectivity index (χ2v) is 4.67. The molecule has 0 fully saturated rings. The number of nitrogens with zero attached hydrogens (tertiary/aromatic N) is 1. The summed E-state index contributed by atoms with van der Waals surface area (Å²) >= 11 is 6.04. The molecule has 20 heavy (non-hydrogen) atoms. The number of carbonyl (C=O) groups is 1. The molecule has 0 radical (unpaired) electrons. The lowest BCUT2D eigenvalue weighted by molar-refractivity contribution is 0.102. The topological polar surface area (TPSA) is 54.0 Å². The van der Waals surface area contributed by atoms with Gasteiger partial charge in [-0.1, -0.05) is 36.7 Å². The van der Waals surface area contributed by atoms with Crippen LogP contribution in [0.15, 0.2) is 36.5 Å². The Labute approximate surface area is 123 Å². The number of hydrogen-bond donors (Lipinski definition) is 2. The summed E-state index contributed by atoms with van der Waals surface area (Å²) in [6.45, 7) is 2.05. The molecule has 1 heterocycles. The maximum Gasteiger partial charge on any atom is 0.257 e. The summed E-state index contributed by atoms with van der Waals surface area (Å²) in [7, 11) is 1.74. The van der Waals surface area contributed by atoms with Gasteiger partial charge in [0.25, 0.3) is 5.91 Å². The Balaban J connectivity index is 2.28. The number of para-hydroxylation sites is 1. The quantitative estimate of drug-likeness (QED) is 0.904. The fraction of sp³-hybridized carbons (Fsp3) is 0.200. The predicted molar refractivity (Wildman–Crippen MR) is 82.6 cm³/mol. The van der Waals surface area contributed by atoms with Crippen LogP contribution in [0.2, 0.25) is 5.02 Å². The highest BCUT2D eigenvalue weighted by atomic mass is 35.5. The van der Waals surface area contributed by atoms with E-state index in [9.17, 15) is 4.79 Å². The van der Waals surface area contributed by atoms with E-state index in [-0.39, 0.29) is 5.91 Å². The van der Waals surface area contributed by atoms with E-state index >= 15 is 0 Å². The third-order valence-corrected chi connectivity index (χ3v) is 3.30. The first-order valence-corrected chi connectivity index (χ1v) is 6.76. The molecule has 0 bridgehead atoms. The highest BCUT2D eigenvalue weighted by Crippen LogP contribution is 2.21. The van der Waals surface area contributed by atoms with Crippen LogP contribution in [-0.4, -0.2) is 17.9 Å². The van der Waals surface area contributed by atoms with Crippen LogP contribution in [0.5, 0.6) is 0 Å². The number of hydrogen-bond acceptors (Lipinski definition) is 3. The molecule has 0 spiro atoms. The molecule has 5 heteroatoms. The molecule has 2 rings (SSSR count). The Morgan fingerprint density at radius 2 is 2.10 bits per heavy atom. The first-order chi connectivity index (χ1) is 9.65. The zero-order chi connectivity index (χ0) is 14.5. The Hall–Kier alpha value is -2.07. The van der Waals surface area contributed by atoms with Crippen molar-refractivity contribution < 1.29 is 4.79 Å². The Bertz CT molecular complexity index is 628. The van der Waals surface area contributed by atoms with Gasteiger partial charge in [-0.05, 0) is 24.1 Å². The van der Waals surface area contributed by atoms with E-state index in [0.717, 1.165) is 17.7 Å². The van der Waals surface area contributed by atoms with E-state index in [4.69, 9.17) is 11.6 Å². The van der Waals surface area contributed by atoms with Crippen LogP contribution < -0.4 is 10.6 Å². The summed E-state index contributed by atoms with van der Waals surface area (Å²) in [4.78, 5) is 16.4. The Kier molecular flexibility index (Phi) is 4.58. The van der Waals surface area contributed by atoms with Crippen molar-refractivity contribution >= 4 is 29.0 Å². The minimum atomic E-state index is -0.241. The lowest BCUT2D eigenvalue weighted by Gasteiger charge is -2.11. The molecule has 0 unspecified atom stereocenters. The number of halogens is 1. The third-order valence-electron chi connectivity index (χ3n) is 3.00. The standard InChI is InChI=1S/C15H16ClN3O/c1-3-10-6-4-5-7-13(10)19-15(20)11-8-14(17-2)18-9-12(11)16/h4-9H,3H2,1-2H3,(H,17,18)(H,19,20). The van der Waals surface area contributed by atoms with Gasteiger partial charge >= 0.3 is 0 Å². The van der Waals surface area contributed by atoms with Crippen LogP contribution in [0.25, 0.3) is 0 Å². The first kappa shape index (κ1) is 14.3. The van der Waals surface area contributed by atoms with Crippen molar-refractivity contribution in [2.75, 3.05) is 17.7 Å². The maximum atomic E-state index is 12.3. The van der Waals surface area contributed by atoms with E-state index in [2.05, 4.69) is 15.6 Å². The molecular formula is C15H16ClN3O. The van der Waals surface area contributed by atoms with Crippen molar-refractivity contribution in [3.05, 3.63) is 52.7 Å². The molecule has 4 nitrogen and oxygen atoms in total. The van der Waals surface area contributed by atoms with Gasteiger partial charge in [0.2, 0.25) is 0 Å². The van der Waals surface area contributed by atoms with Gasteiger partial charge in [-0.3, -0.25) is 4.79 Å². The minimum Gasteiger partial charge on any atom is -0.373 e. The molecule has 0 aliphatic rings. The second-order valence-electron chi connectivity index (χ2n) is 4.26. The SMILES string of the molecule is CCc1ccccc1NC(=O)c1cc(NC)ncc1Cl. The molecule has 104 valence electrons. The van der Waals surface area contributed by atoms with Crippen molar-refractivity contribution in [1.82, 2.24) is 4.98 Å². The van der Waals surface area contributed by atoms with Crippen molar-refractivity contribution in [1.29, 1.82) is 0 Å². The van der Waals surface area contributed by atoms with Crippen LogP contribution >= 0.6 is 11.6 Å². The van der Waals surface area contributed by atoms with Crippen LogP contribution in [-0.2, 0) is 6.42 Å². The van der Waals surface area contributed by atoms with Gasteiger partial charge < -0.3 is 10.6 Å². The fourth-order valence-electron chi connectivity index (χ4n) is 1.89. The van der Waals surface area contributed by atoms with Crippen molar-refractivity contribution in [2.45, 2.75) is 13.3 Å². The van der Waals surface area contributed by atoms with Crippen LogP contribution in [0.3, 0.4) is 0 Å². The minimum absolute atomic E-state index is 0.241. The summed E-state index contributed by atoms with van der Waals surface area (Å²) in [5.74, 6) is 0.359. The molecular weight excluding hydrogens is 274 g/mol. The second kappa shape index (κ2) is 6.39. The maximum absolute atomic E-state index is 12.3. The summed E-state index contributed by atoms with van der Waals surface area (Å²) in [5, 5.41) is 6.11. The monoisotopic (exact) mass is 289 g/mol. The first-order valence-electron chi connectivity index (χ1n) is 6.38. The summed E-state index contributed by atoms with van der Waals surface area (Å²) in [5.41, 5.74) is 2.29. The molecule has 1 aromatic heterocycles. The van der Waals surface area contributed by atoms with Gasteiger partial charge in [0.15, 0.2) is 0 Å². The molecule has 0 aliphatic carbocycles. The van der Waals surface area contributed by atoms with Crippen molar-refractivity contribution in [2.24, 2.45) is 0 Å². The Morgan fingerprint density at radius 1 is 1.35 bits per heavy atom. The molecule has 0 aliphatic heterocycles. The molecule has 0 saturated carbocycles. The summed E-state index contributed by atoms with van der Waals surface area (Å²) in [6.07, 6.45) is 2.32. The largest absolute Gasteiger partial charge is 0.373 e. The third kappa shape index (κ3) is 3.08. The van der Waals surface area contributed by atoms with Crippen LogP contribution in [0.1, 0.15) is 22.8 Å². The highest BCUT2D eigenvalue weighted by molar-refractivity contribution is 6.34. The number of pyridine rings is 1. The average Bonchev–Trinajstić information content (AvgIpc) is 2.48. The van der Waals surface area contributed by atoms with Crippen molar-refractivity contribution in [3.63, 3.8) is 0 Å². The number of aromatic nitrogens is 1. The summed E-state index contributed by atoms with van der Waals surface area (Å²) in [6, 6.07) is 9.34. The van der Waals surface area contributed by atoms with E-state index in [1.54, 1.807) is 13.1 Å². The molecule has 0 atom stereocenters. The number of amides is 1. The van der Waals surface area contributed by atoms with Crippen LogP contribution in [0, 0.1) is 0 Å². The van der Waals surface area contributed by atoms with Gasteiger partial charge in [0.05, 0.1) is 10.6 Å². The zero-order valence-corrected chi connectivity index (χ0v) is 12.2. The van der Waals surface area contributed by atoms with E-state index in [0.29, 0.717) is 16.4 Å². The lowest BCUT2D eigenvalue weighted by atomic mass is 10.1. The van der Waals surface area contributed by atoms with E-state index in [1.165, 1.54) is 6.20 Å². The number of anilines is 2. The molecule has 2 aromatic rings. The predicted octanol–water partition coefficient (Wildman–Crippen LogP) is 3.59. The zero-order valence-electron chi connectivity index (χ0n) is 11.4. The van der Waals surface area contributed by atoms with Gasteiger partial charge in [0.1, 0.15) is 5.82 Å². The number of carbonyl (C=O) groups excluding carboxylic acids is 1. The Morgan fingerprint density at radius 3 is 2.80 bits per heavy atom. The van der Waals surface area contributed by atoms with Gasteiger partial charge in [-0.15, -0.1) is 0 Å². The van der Waals surface area contributed by atoms with Crippen LogP contribution in [0.4, 0.5) is 11.5 Å². The fourth-order valence-corrected chi connectivity index (χ4v) is 2.08. The number of benzene rings is 1. The van der Waals surface area contributed by atoms with Gasteiger partial charge in [-0.25, -0.2) is 4.98 Å². The molecule has 2 N–H and O–H groups in total. The smallest absolute Gasteiger partial charge is 0.257 e. The lowest BCUT2D eigenvalue weighted by Crippen LogP contribution is -2.14. The van der Waals surface area contributed by atoms with Gasteiger partial charge in [-0.2, -0.15) is 0 Å². The average molecular weight is 290 g/mol. The molecule has 1 amide bonds. The number of aryl methyl sites for hydroxylation is 1. The molecule has 0 saturated heterocycles. The van der Waals surface area contributed by atoms with Gasteiger partial charge in [0, 0.05) is 18.9 Å². The normalized spacial score (nSPS) is 10.2. The summed E-state index contributed by atoms with van der Waals surface area (Å²) < 4.78 is 0. The van der Waals surface area contributed by atoms with Crippen molar-refractivity contribution in [3.8, 4) is 0 Å². The van der Waals surface area contributed by atoms with E-state index in [1.807, 2.05) is 31.2 Å². The number of rotatable bonds is 4. The molecule has 1 aromatic carbocycles. The highest BCUT2D eigenvalue weighted by Gasteiger charge is 2.13. The number of nitrogens with one attached hydrogen (secondary N) is 2. The van der Waals surface area contributed by atoms with E-state index < -0.39 is 0 Å².